The first-order valence-electron chi connectivity index (χ1n) is 9.85. The molecule has 1 saturated carbocycles. The largest absolute Gasteiger partial charge is 0.496 e. The van der Waals surface area contributed by atoms with Crippen LogP contribution < -0.4 is 15.4 Å². The highest BCUT2D eigenvalue weighted by molar-refractivity contribution is 6.02. The molecule has 2 N–H and O–H groups in total. The number of nitrogens with one attached hydrogen (secondary N) is 2. The van der Waals surface area contributed by atoms with E-state index in [1.54, 1.807) is 23.8 Å². The van der Waals surface area contributed by atoms with Crippen LogP contribution in [0.25, 0.3) is 5.52 Å². The van der Waals surface area contributed by atoms with Crippen LogP contribution in [0.1, 0.15) is 52.4 Å². The summed E-state index contributed by atoms with van der Waals surface area (Å²) in [4.78, 5) is 30.0. The smallest absolute Gasteiger partial charge is 0.287 e. The van der Waals surface area contributed by atoms with Crippen LogP contribution in [-0.4, -0.2) is 34.4 Å². The van der Waals surface area contributed by atoms with E-state index in [9.17, 15) is 9.59 Å². The molecule has 0 aliphatic heterocycles. The van der Waals surface area contributed by atoms with Crippen LogP contribution in [0.5, 0.6) is 5.75 Å². The third-order valence-electron chi connectivity index (χ3n) is 5.29. The van der Waals surface area contributed by atoms with Gasteiger partial charge in [0.1, 0.15) is 5.75 Å². The Labute approximate surface area is 169 Å². The Morgan fingerprint density at radius 2 is 1.86 bits per heavy atom. The first kappa shape index (κ1) is 19.0. The van der Waals surface area contributed by atoms with Crippen molar-refractivity contribution in [3.05, 3.63) is 65.7 Å². The number of amides is 2. The summed E-state index contributed by atoms with van der Waals surface area (Å²) >= 11 is 0. The number of aromatic nitrogens is 2. The maximum Gasteiger partial charge on any atom is 0.287 e. The number of pyridine rings is 1. The highest BCUT2D eigenvalue weighted by Gasteiger charge is 2.24. The maximum atomic E-state index is 12.8. The van der Waals surface area contributed by atoms with Crippen molar-refractivity contribution in [2.75, 3.05) is 7.11 Å². The topological polar surface area (TPSA) is 84.7 Å². The summed E-state index contributed by atoms with van der Waals surface area (Å²) in [5.74, 6) is 0.311. The van der Waals surface area contributed by atoms with Crippen molar-refractivity contribution in [1.82, 2.24) is 20.0 Å². The second-order valence-corrected chi connectivity index (χ2v) is 7.19. The van der Waals surface area contributed by atoms with Gasteiger partial charge in [-0.15, -0.1) is 0 Å². The predicted molar refractivity (Wildman–Crippen MR) is 109 cm³/mol. The lowest BCUT2D eigenvalue weighted by molar-refractivity contribution is 0.0935. The van der Waals surface area contributed by atoms with Gasteiger partial charge < -0.3 is 15.4 Å². The molecule has 2 aromatic heterocycles. The first-order valence-corrected chi connectivity index (χ1v) is 9.85. The number of rotatable bonds is 6. The van der Waals surface area contributed by atoms with Gasteiger partial charge in [0.25, 0.3) is 11.8 Å². The molecular weight excluding hydrogens is 368 g/mol. The molecule has 7 nitrogen and oxygen atoms in total. The van der Waals surface area contributed by atoms with Crippen LogP contribution in [0.3, 0.4) is 0 Å². The lowest BCUT2D eigenvalue weighted by Crippen LogP contribution is -2.33. The highest BCUT2D eigenvalue weighted by Crippen LogP contribution is 2.20. The zero-order valence-corrected chi connectivity index (χ0v) is 16.4. The van der Waals surface area contributed by atoms with Crippen molar-refractivity contribution >= 4 is 17.3 Å². The third-order valence-corrected chi connectivity index (χ3v) is 5.29. The number of carbonyl (C=O) groups is 2. The minimum Gasteiger partial charge on any atom is -0.496 e. The molecule has 3 aromatic rings. The molecule has 0 bridgehead atoms. The number of para-hydroxylation sites is 1. The van der Waals surface area contributed by atoms with Crippen LogP contribution >= 0.6 is 0 Å². The summed E-state index contributed by atoms with van der Waals surface area (Å²) in [6, 6.07) is 13.1. The summed E-state index contributed by atoms with van der Waals surface area (Å²) in [6.07, 6.45) is 5.98. The Kier molecular flexibility index (Phi) is 5.46. The molecular formula is C22H24N4O3. The van der Waals surface area contributed by atoms with E-state index in [2.05, 4.69) is 15.6 Å². The molecule has 1 aliphatic carbocycles. The van der Waals surface area contributed by atoms with Gasteiger partial charge >= 0.3 is 0 Å². The van der Waals surface area contributed by atoms with Gasteiger partial charge in [-0.25, -0.2) is 4.98 Å². The van der Waals surface area contributed by atoms with Crippen molar-refractivity contribution in [1.29, 1.82) is 0 Å². The summed E-state index contributed by atoms with van der Waals surface area (Å²) in [5.41, 5.74) is 1.76. The lowest BCUT2D eigenvalue weighted by atomic mass is 10.2. The number of fused-ring (bicyclic) bond motifs is 1. The van der Waals surface area contributed by atoms with Gasteiger partial charge in [0.15, 0.2) is 5.69 Å². The number of hydrogen-bond acceptors (Lipinski definition) is 4. The van der Waals surface area contributed by atoms with E-state index in [1.165, 1.54) is 0 Å². The average Bonchev–Trinajstić information content (AvgIpc) is 3.40. The van der Waals surface area contributed by atoms with Crippen molar-refractivity contribution in [3.63, 3.8) is 0 Å². The maximum absolute atomic E-state index is 12.8. The fraction of sp³-hybridized carbons (Fsp3) is 0.318. The second kappa shape index (κ2) is 8.34. The van der Waals surface area contributed by atoms with E-state index in [0.717, 1.165) is 31.2 Å². The van der Waals surface area contributed by atoms with Crippen molar-refractivity contribution in [2.24, 2.45) is 0 Å². The van der Waals surface area contributed by atoms with E-state index in [4.69, 9.17) is 4.74 Å². The number of imidazole rings is 1. The fourth-order valence-electron chi connectivity index (χ4n) is 3.79. The lowest BCUT2D eigenvalue weighted by Gasteiger charge is -2.10. The van der Waals surface area contributed by atoms with Gasteiger partial charge in [-0.05, 0) is 31.0 Å². The monoisotopic (exact) mass is 392 g/mol. The molecule has 1 aliphatic rings. The molecule has 4 rings (SSSR count). The van der Waals surface area contributed by atoms with Gasteiger partial charge in [0.05, 0.1) is 12.6 Å². The van der Waals surface area contributed by atoms with Crippen molar-refractivity contribution in [2.45, 2.75) is 38.3 Å². The van der Waals surface area contributed by atoms with E-state index >= 15 is 0 Å². The van der Waals surface area contributed by atoms with E-state index in [1.807, 2.05) is 36.4 Å². The average molecular weight is 392 g/mol. The molecule has 0 spiro atoms. The minimum absolute atomic E-state index is 0.186. The van der Waals surface area contributed by atoms with Crippen LogP contribution in [-0.2, 0) is 6.54 Å². The van der Waals surface area contributed by atoms with E-state index < -0.39 is 0 Å². The van der Waals surface area contributed by atoms with Crippen molar-refractivity contribution in [3.8, 4) is 5.75 Å². The number of carbonyl (C=O) groups excluding carboxylic acids is 2. The Hall–Kier alpha value is -3.35. The molecule has 0 unspecified atom stereocenters. The third kappa shape index (κ3) is 3.94. The number of benzene rings is 1. The van der Waals surface area contributed by atoms with Gasteiger partial charge in [0.2, 0.25) is 5.82 Å². The fourth-order valence-corrected chi connectivity index (χ4v) is 3.79. The zero-order chi connectivity index (χ0) is 20.2. The Bertz CT molecular complexity index is 1040. The summed E-state index contributed by atoms with van der Waals surface area (Å²) < 4.78 is 6.98. The number of methoxy groups -OCH3 is 1. The van der Waals surface area contributed by atoms with Crippen LogP contribution in [0, 0.1) is 0 Å². The zero-order valence-electron chi connectivity index (χ0n) is 16.4. The molecule has 0 saturated heterocycles. The molecule has 29 heavy (non-hydrogen) atoms. The number of nitrogens with zero attached hydrogens (tertiary/aromatic N) is 2. The first-order chi connectivity index (χ1) is 14.2. The van der Waals surface area contributed by atoms with Gasteiger partial charge in [-0.1, -0.05) is 37.1 Å². The molecule has 0 radical (unpaired) electrons. The SMILES string of the molecule is COc1ccccc1CNC(=O)c1nc(C(=O)NC2CCCC2)c2ccccn12. The summed E-state index contributed by atoms with van der Waals surface area (Å²) in [5, 5.41) is 5.92. The molecule has 2 heterocycles. The standard InChI is InChI=1S/C22H24N4O3/c1-29-18-12-5-2-8-15(18)14-23-22(28)20-25-19(17-11-6-7-13-26(17)20)21(27)24-16-9-3-4-10-16/h2,5-8,11-13,16H,3-4,9-10,14H2,1H3,(H,23,28)(H,24,27). The molecule has 2 amide bonds. The Balaban J connectivity index is 1.56. The molecule has 0 atom stereocenters. The summed E-state index contributed by atoms with van der Waals surface area (Å²) in [6.45, 7) is 0.300. The number of ether oxygens (including phenoxy) is 1. The van der Waals surface area contributed by atoms with E-state index in [-0.39, 0.29) is 29.4 Å². The summed E-state index contributed by atoms with van der Waals surface area (Å²) in [7, 11) is 1.60. The Morgan fingerprint density at radius 3 is 2.66 bits per heavy atom. The minimum atomic E-state index is -0.350. The molecule has 7 heteroatoms. The van der Waals surface area contributed by atoms with Gasteiger partial charge in [-0.2, -0.15) is 0 Å². The predicted octanol–water partition coefficient (Wildman–Crippen LogP) is 2.95. The van der Waals surface area contributed by atoms with Gasteiger partial charge in [-0.3, -0.25) is 14.0 Å². The second-order valence-electron chi connectivity index (χ2n) is 7.19. The Morgan fingerprint density at radius 1 is 1.10 bits per heavy atom. The highest BCUT2D eigenvalue weighted by atomic mass is 16.5. The molecule has 150 valence electrons. The van der Waals surface area contributed by atoms with Crippen LogP contribution in [0.15, 0.2) is 48.7 Å². The van der Waals surface area contributed by atoms with Crippen LogP contribution in [0.4, 0.5) is 0 Å². The van der Waals surface area contributed by atoms with Crippen molar-refractivity contribution < 1.29 is 14.3 Å². The normalized spacial score (nSPS) is 14.1. The molecule has 1 aromatic carbocycles. The van der Waals surface area contributed by atoms with Crippen LogP contribution in [0.2, 0.25) is 0 Å². The molecule has 1 fully saturated rings. The van der Waals surface area contributed by atoms with E-state index in [0.29, 0.717) is 17.8 Å². The van der Waals surface area contributed by atoms with Gasteiger partial charge in [0, 0.05) is 24.3 Å². The number of hydrogen-bond donors (Lipinski definition) is 2. The quantitative estimate of drug-likeness (QED) is 0.675.